The molecule has 0 spiro atoms. The number of fused-ring (bicyclic) bond motifs is 5. The lowest BCUT2D eigenvalue weighted by Gasteiger charge is -2.59. The highest BCUT2D eigenvalue weighted by Crippen LogP contribution is 2.69. The highest BCUT2D eigenvalue weighted by atomic mass is 16.5. The Hall–Kier alpha value is -3.00. The fraction of sp³-hybridized carbons (Fsp3) is 0.795. The molecular weight excluding hydrogens is 664 g/mol. The van der Waals surface area contributed by atoms with Crippen LogP contribution >= 0.6 is 0 Å². The van der Waals surface area contributed by atoms with Gasteiger partial charge >= 0.3 is 0 Å². The third-order valence-corrected chi connectivity index (χ3v) is 13.4. The molecule has 0 aliphatic heterocycles. The number of hydrogen-bond acceptors (Lipinski definition) is 10. The van der Waals surface area contributed by atoms with E-state index < -0.39 is 5.60 Å². The summed E-state index contributed by atoms with van der Waals surface area (Å²) in [5.74, 6) is 1.28. The maximum Gasteiger partial charge on any atom is 0.242 e. The number of rotatable bonds is 18. The van der Waals surface area contributed by atoms with Gasteiger partial charge in [-0.15, -0.1) is 5.10 Å². The van der Waals surface area contributed by atoms with E-state index in [9.17, 15) is 24.3 Å². The molecule has 13 nitrogen and oxygen atoms in total. The highest BCUT2D eigenvalue weighted by Gasteiger charge is 2.65. The van der Waals surface area contributed by atoms with E-state index in [-0.39, 0.29) is 73.8 Å². The number of hydrogen-bond donors (Lipinski definition) is 1. The predicted molar refractivity (Wildman–Crippen MR) is 195 cm³/mol. The summed E-state index contributed by atoms with van der Waals surface area (Å²) in [6, 6.07) is 0.0809. The number of aldehydes is 1. The maximum atomic E-state index is 13.5. The minimum absolute atomic E-state index is 0.0586. The van der Waals surface area contributed by atoms with Crippen LogP contribution in [0.2, 0.25) is 0 Å². The van der Waals surface area contributed by atoms with Crippen molar-refractivity contribution < 1.29 is 33.8 Å². The number of ether oxygens (including phenoxy) is 2. The van der Waals surface area contributed by atoms with E-state index in [4.69, 9.17) is 9.47 Å². The van der Waals surface area contributed by atoms with Gasteiger partial charge in [0, 0.05) is 58.3 Å². The number of ketones is 1. The molecule has 1 aromatic heterocycles. The second-order valence-corrected chi connectivity index (χ2v) is 16.4. The Balaban J connectivity index is 1.19. The monoisotopic (exact) mass is 726 g/mol. The molecule has 0 bridgehead atoms. The van der Waals surface area contributed by atoms with E-state index in [0.717, 1.165) is 38.5 Å². The Bertz CT molecular complexity index is 1460. The van der Waals surface area contributed by atoms with E-state index in [0.29, 0.717) is 68.7 Å². The average molecular weight is 727 g/mol. The molecule has 1 aromatic rings. The zero-order chi connectivity index (χ0) is 37.7. The van der Waals surface area contributed by atoms with E-state index in [2.05, 4.69) is 29.1 Å². The maximum absolute atomic E-state index is 13.5. The molecule has 1 heterocycles. The van der Waals surface area contributed by atoms with Crippen LogP contribution in [0, 0.1) is 28.6 Å². The van der Waals surface area contributed by atoms with Gasteiger partial charge in [-0.1, -0.05) is 24.6 Å². The Kier molecular flexibility index (Phi) is 13.1. The zero-order valence-electron chi connectivity index (χ0n) is 32.3. The van der Waals surface area contributed by atoms with Crippen molar-refractivity contribution >= 4 is 23.9 Å². The Morgan fingerprint density at radius 2 is 1.67 bits per heavy atom. The smallest absolute Gasteiger partial charge is 0.242 e. The number of amides is 2. The minimum Gasteiger partial charge on any atom is -0.383 e. The summed E-state index contributed by atoms with van der Waals surface area (Å²) in [5.41, 5.74) is 0.796. The quantitative estimate of drug-likeness (QED) is 0.224. The van der Waals surface area contributed by atoms with Gasteiger partial charge in [-0.25, -0.2) is 0 Å². The molecule has 4 aliphatic carbocycles. The Labute approximate surface area is 309 Å². The molecule has 13 heteroatoms. The number of carbonyl (C=O) groups excluding carboxylic acids is 4. The molecule has 3 saturated carbocycles. The summed E-state index contributed by atoms with van der Waals surface area (Å²) in [6.07, 6.45) is 12.6. The average Bonchev–Trinajstić information content (AvgIpc) is 3.70. The first-order chi connectivity index (χ1) is 24.8. The van der Waals surface area contributed by atoms with Gasteiger partial charge in [-0.3, -0.25) is 24.0 Å². The summed E-state index contributed by atoms with van der Waals surface area (Å²) >= 11 is 0. The van der Waals surface area contributed by atoms with Crippen LogP contribution < -0.4 is 0 Å². The number of nitrogens with zero attached hydrogens (tertiary/aromatic N) is 6. The fourth-order valence-electron chi connectivity index (χ4n) is 10.2. The van der Waals surface area contributed by atoms with Crippen LogP contribution in [0.1, 0.15) is 91.2 Å². The van der Waals surface area contributed by atoms with Crippen molar-refractivity contribution in [1.29, 1.82) is 0 Å². The fourth-order valence-corrected chi connectivity index (χ4v) is 10.2. The summed E-state index contributed by atoms with van der Waals surface area (Å²) < 4.78 is 12.1. The van der Waals surface area contributed by atoms with Crippen LogP contribution in [0.4, 0.5) is 0 Å². The number of allylic oxidation sites excluding steroid dienone is 1. The third-order valence-electron chi connectivity index (χ3n) is 13.4. The van der Waals surface area contributed by atoms with Crippen molar-refractivity contribution in [3.8, 4) is 0 Å². The second kappa shape index (κ2) is 17.0. The minimum atomic E-state index is -1.04. The molecule has 0 aromatic carbocycles. The van der Waals surface area contributed by atoms with Gasteiger partial charge in [0.25, 0.3) is 0 Å². The molecule has 52 heavy (non-hydrogen) atoms. The number of carbonyl (C=O) groups is 4. The first-order valence-electron chi connectivity index (χ1n) is 19.4. The zero-order valence-corrected chi connectivity index (χ0v) is 32.3. The van der Waals surface area contributed by atoms with Crippen molar-refractivity contribution in [3.63, 3.8) is 0 Å². The van der Waals surface area contributed by atoms with Crippen LogP contribution in [-0.4, -0.2) is 131 Å². The molecule has 0 radical (unpaired) electrons. The van der Waals surface area contributed by atoms with Crippen LogP contribution in [0.25, 0.3) is 0 Å². The van der Waals surface area contributed by atoms with Crippen molar-refractivity contribution in [3.05, 3.63) is 23.5 Å². The van der Waals surface area contributed by atoms with Gasteiger partial charge in [-0.05, 0) is 94.5 Å². The van der Waals surface area contributed by atoms with E-state index in [1.54, 1.807) is 7.11 Å². The summed E-state index contributed by atoms with van der Waals surface area (Å²) in [5, 5.41) is 21.5. The van der Waals surface area contributed by atoms with Crippen LogP contribution in [0.5, 0.6) is 0 Å². The van der Waals surface area contributed by atoms with Gasteiger partial charge in [0.1, 0.15) is 17.6 Å². The molecule has 1 N–H and O–H groups in total. The number of aliphatic hydroxyl groups is 1. The van der Waals surface area contributed by atoms with E-state index in [1.807, 2.05) is 30.8 Å². The summed E-state index contributed by atoms with van der Waals surface area (Å²) in [7, 11) is 3.09. The number of methoxy groups -OCH3 is 2. The first kappa shape index (κ1) is 40.2. The third kappa shape index (κ3) is 8.07. The molecule has 0 saturated heterocycles. The molecular formula is C39H62N6O7. The van der Waals surface area contributed by atoms with Gasteiger partial charge in [-0.2, -0.15) is 0 Å². The molecule has 6 atom stereocenters. The summed E-state index contributed by atoms with van der Waals surface area (Å²) in [6.45, 7) is 11.0. The highest BCUT2D eigenvalue weighted by molar-refractivity contribution is 5.91. The van der Waals surface area contributed by atoms with Crippen LogP contribution in [-0.2, 0) is 40.8 Å². The van der Waals surface area contributed by atoms with Gasteiger partial charge < -0.3 is 29.2 Å². The molecule has 5 rings (SSSR count). The molecule has 4 aliphatic rings. The SMILES string of the molecule is COCCN(CC=O)C(=O)CN(CCOC)C(=O)CN(CCCn1cc([C@]2(O)CCC3C4CCC5=CC(=O)CC[C@]5(C)C4CC[C@@]32C)nn1)C(C)C. The molecule has 290 valence electrons. The lowest BCUT2D eigenvalue weighted by molar-refractivity contribution is -0.142. The van der Waals surface area contributed by atoms with E-state index >= 15 is 0 Å². The Morgan fingerprint density at radius 3 is 2.37 bits per heavy atom. The predicted octanol–water partition coefficient (Wildman–Crippen LogP) is 3.25. The van der Waals surface area contributed by atoms with Gasteiger partial charge in [0.2, 0.25) is 11.8 Å². The Morgan fingerprint density at radius 1 is 0.981 bits per heavy atom. The summed E-state index contributed by atoms with van der Waals surface area (Å²) in [4.78, 5) is 55.0. The second-order valence-electron chi connectivity index (χ2n) is 16.4. The topological polar surface area (TPSA) is 147 Å². The van der Waals surface area contributed by atoms with Crippen molar-refractivity contribution in [2.24, 2.45) is 28.6 Å². The van der Waals surface area contributed by atoms with Crippen LogP contribution in [0.3, 0.4) is 0 Å². The van der Waals surface area contributed by atoms with Gasteiger partial charge in [0.05, 0.1) is 39.0 Å². The van der Waals surface area contributed by atoms with Crippen molar-refractivity contribution in [1.82, 2.24) is 29.7 Å². The largest absolute Gasteiger partial charge is 0.383 e. The van der Waals surface area contributed by atoms with Crippen LogP contribution in [0.15, 0.2) is 17.8 Å². The van der Waals surface area contributed by atoms with E-state index in [1.165, 1.54) is 22.5 Å². The lowest BCUT2D eigenvalue weighted by atomic mass is 9.46. The standard InChI is InChI=1S/C39H62N6O7/c1-28(2)43(26-36(49)44(20-23-52-6)27-35(48)42(18-21-46)19-22-51-5)16-7-17-45-25-34(40-41-45)39(50)15-12-33-31-9-8-29-24-30(47)10-13-37(29,3)32(31)11-14-38(33,39)4/h21,24-25,28,31-33,50H,7-20,22-23,26-27H2,1-6H3/t31?,32?,33?,37-,38-,39+/m0/s1. The molecule has 3 unspecified atom stereocenters. The van der Waals surface area contributed by atoms with Crippen molar-refractivity contribution in [2.45, 2.75) is 104 Å². The number of aryl methyl sites for hydroxylation is 1. The number of aromatic nitrogens is 3. The normalized spacial score (nSPS) is 29.8. The first-order valence-corrected chi connectivity index (χ1v) is 19.4. The van der Waals surface area contributed by atoms with Gasteiger partial charge in [0.15, 0.2) is 5.78 Å². The van der Waals surface area contributed by atoms with Crippen molar-refractivity contribution in [2.75, 3.05) is 66.7 Å². The molecule has 3 fully saturated rings. The lowest BCUT2D eigenvalue weighted by Crippen LogP contribution is -2.53. The molecule has 2 amide bonds.